The van der Waals surface area contributed by atoms with E-state index in [1.165, 1.54) is 50.7 Å². The standard InChI is InChI=1S/C16H25FN2/c17-15-9-6-14(7-10-15)12-16(19-18)11-8-13-4-2-1-3-5-13/h6-7,9-10,13,16,19H,1-5,8,11-12,18H2. The topological polar surface area (TPSA) is 38.0 Å². The lowest BCUT2D eigenvalue weighted by Gasteiger charge is -2.24. The lowest BCUT2D eigenvalue weighted by molar-refractivity contribution is 0.313. The number of rotatable bonds is 6. The van der Waals surface area contributed by atoms with Gasteiger partial charge in [0.1, 0.15) is 5.82 Å². The molecule has 2 nitrogen and oxygen atoms in total. The Morgan fingerprint density at radius 1 is 1.16 bits per heavy atom. The van der Waals surface area contributed by atoms with Crippen LogP contribution in [0, 0.1) is 11.7 Å². The second-order valence-electron chi connectivity index (χ2n) is 5.78. The summed E-state index contributed by atoms with van der Waals surface area (Å²) in [6.45, 7) is 0. The van der Waals surface area contributed by atoms with E-state index in [1.54, 1.807) is 0 Å². The van der Waals surface area contributed by atoms with Crippen LogP contribution in [0.4, 0.5) is 4.39 Å². The molecule has 1 unspecified atom stereocenters. The SMILES string of the molecule is NNC(CCC1CCCCC1)Cc1ccc(F)cc1. The Morgan fingerprint density at radius 3 is 2.47 bits per heavy atom. The zero-order valence-corrected chi connectivity index (χ0v) is 11.6. The molecule has 0 aromatic heterocycles. The van der Waals surface area contributed by atoms with E-state index >= 15 is 0 Å². The molecule has 1 fully saturated rings. The molecule has 106 valence electrons. The summed E-state index contributed by atoms with van der Waals surface area (Å²) in [6.07, 6.45) is 10.2. The predicted octanol–water partition coefficient (Wildman–Crippen LogP) is 3.56. The third-order valence-corrected chi connectivity index (χ3v) is 4.28. The molecule has 3 N–H and O–H groups in total. The Hall–Kier alpha value is -0.930. The molecular weight excluding hydrogens is 239 g/mol. The minimum Gasteiger partial charge on any atom is -0.271 e. The highest BCUT2D eigenvalue weighted by Crippen LogP contribution is 2.28. The third-order valence-electron chi connectivity index (χ3n) is 4.28. The number of benzene rings is 1. The lowest BCUT2D eigenvalue weighted by atomic mass is 9.84. The monoisotopic (exact) mass is 264 g/mol. The van der Waals surface area contributed by atoms with Crippen LogP contribution in [0.5, 0.6) is 0 Å². The Morgan fingerprint density at radius 2 is 1.84 bits per heavy atom. The van der Waals surface area contributed by atoms with Gasteiger partial charge in [-0.15, -0.1) is 0 Å². The van der Waals surface area contributed by atoms with Crippen molar-refractivity contribution < 1.29 is 4.39 Å². The molecule has 0 bridgehead atoms. The molecule has 1 aliphatic rings. The van der Waals surface area contributed by atoms with Gasteiger partial charge in [0.05, 0.1) is 0 Å². The fourth-order valence-electron chi connectivity index (χ4n) is 3.06. The molecular formula is C16H25FN2. The molecule has 1 aromatic rings. The van der Waals surface area contributed by atoms with Gasteiger partial charge in [-0.3, -0.25) is 11.3 Å². The first kappa shape index (κ1) is 14.5. The van der Waals surface area contributed by atoms with Crippen molar-refractivity contribution in [1.82, 2.24) is 5.43 Å². The maximum absolute atomic E-state index is 12.9. The molecule has 3 heteroatoms. The summed E-state index contributed by atoms with van der Waals surface area (Å²) in [4.78, 5) is 0. The third kappa shape index (κ3) is 4.92. The molecule has 1 saturated carbocycles. The average molecular weight is 264 g/mol. The van der Waals surface area contributed by atoms with Gasteiger partial charge in [0.25, 0.3) is 0 Å². The lowest BCUT2D eigenvalue weighted by Crippen LogP contribution is -2.37. The van der Waals surface area contributed by atoms with Crippen molar-refractivity contribution in [2.75, 3.05) is 0 Å². The van der Waals surface area contributed by atoms with Gasteiger partial charge < -0.3 is 0 Å². The largest absolute Gasteiger partial charge is 0.271 e. The molecule has 0 heterocycles. The summed E-state index contributed by atoms with van der Waals surface area (Å²) >= 11 is 0. The van der Waals surface area contributed by atoms with E-state index in [0.717, 1.165) is 24.3 Å². The van der Waals surface area contributed by atoms with Gasteiger partial charge in [-0.1, -0.05) is 44.2 Å². The molecule has 0 amide bonds. The zero-order valence-electron chi connectivity index (χ0n) is 11.6. The van der Waals surface area contributed by atoms with Crippen molar-refractivity contribution in [3.8, 4) is 0 Å². The van der Waals surface area contributed by atoms with Gasteiger partial charge >= 0.3 is 0 Å². The number of halogens is 1. The van der Waals surface area contributed by atoms with Crippen molar-refractivity contribution >= 4 is 0 Å². The Balaban J connectivity index is 1.77. The molecule has 0 aliphatic heterocycles. The first-order valence-electron chi connectivity index (χ1n) is 7.48. The molecule has 1 aromatic carbocycles. The van der Waals surface area contributed by atoms with E-state index in [-0.39, 0.29) is 5.82 Å². The molecule has 2 rings (SSSR count). The van der Waals surface area contributed by atoms with Gasteiger partial charge in [-0.25, -0.2) is 4.39 Å². The van der Waals surface area contributed by atoms with Crippen molar-refractivity contribution in [3.05, 3.63) is 35.6 Å². The zero-order chi connectivity index (χ0) is 13.5. The fourth-order valence-corrected chi connectivity index (χ4v) is 3.06. The van der Waals surface area contributed by atoms with E-state index in [9.17, 15) is 4.39 Å². The summed E-state index contributed by atoms with van der Waals surface area (Å²) in [5.41, 5.74) is 4.06. The molecule has 1 aliphatic carbocycles. The number of nitrogens with two attached hydrogens (primary N) is 1. The van der Waals surface area contributed by atoms with Crippen LogP contribution < -0.4 is 11.3 Å². The van der Waals surface area contributed by atoms with E-state index in [4.69, 9.17) is 5.84 Å². The summed E-state index contributed by atoms with van der Waals surface area (Å²) in [7, 11) is 0. The van der Waals surface area contributed by atoms with Crippen LogP contribution in [0.15, 0.2) is 24.3 Å². The van der Waals surface area contributed by atoms with E-state index in [0.29, 0.717) is 6.04 Å². The average Bonchev–Trinajstić information content (AvgIpc) is 2.46. The quantitative estimate of drug-likeness (QED) is 0.609. The first-order chi connectivity index (χ1) is 9.28. The molecule has 0 saturated heterocycles. The van der Waals surface area contributed by atoms with Crippen LogP contribution in [0.2, 0.25) is 0 Å². The Kier molecular flexibility index (Phi) is 5.80. The normalized spacial score (nSPS) is 18.4. The second-order valence-corrected chi connectivity index (χ2v) is 5.78. The van der Waals surface area contributed by atoms with Gasteiger partial charge in [-0.05, 0) is 42.9 Å². The molecule has 0 radical (unpaired) electrons. The van der Waals surface area contributed by atoms with E-state index in [1.807, 2.05) is 12.1 Å². The van der Waals surface area contributed by atoms with Crippen LogP contribution in [-0.2, 0) is 6.42 Å². The number of nitrogens with one attached hydrogen (secondary N) is 1. The highest BCUT2D eigenvalue weighted by molar-refractivity contribution is 5.17. The first-order valence-corrected chi connectivity index (χ1v) is 7.48. The highest BCUT2D eigenvalue weighted by atomic mass is 19.1. The summed E-state index contributed by atoms with van der Waals surface area (Å²) in [5, 5.41) is 0. The smallest absolute Gasteiger partial charge is 0.123 e. The van der Waals surface area contributed by atoms with Gasteiger partial charge in [-0.2, -0.15) is 0 Å². The molecule has 1 atom stereocenters. The minimum atomic E-state index is -0.178. The summed E-state index contributed by atoms with van der Waals surface area (Å²) < 4.78 is 12.9. The van der Waals surface area contributed by atoms with Crippen molar-refractivity contribution in [3.63, 3.8) is 0 Å². The highest BCUT2D eigenvalue weighted by Gasteiger charge is 2.16. The Labute approximate surface area is 115 Å². The van der Waals surface area contributed by atoms with E-state index < -0.39 is 0 Å². The molecule has 19 heavy (non-hydrogen) atoms. The maximum Gasteiger partial charge on any atom is 0.123 e. The van der Waals surface area contributed by atoms with E-state index in [2.05, 4.69) is 5.43 Å². The number of hydrogen-bond donors (Lipinski definition) is 2. The van der Waals surface area contributed by atoms with Crippen LogP contribution in [0.3, 0.4) is 0 Å². The van der Waals surface area contributed by atoms with Crippen LogP contribution in [0.25, 0.3) is 0 Å². The van der Waals surface area contributed by atoms with Crippen LogP contribution in [0.1, 0.15) is 50.5 Å². The summed E-state index contributed by atoms with van der Waals surface area (Å²) in [6, 6.07) is 7.03. The van der Waals surface area contributed by atoms with Gasteiger partial charge in [0.15, 0.2) is 0 Å². The van der Waals surface area contributed by atoms with Crippen LogP contribution in [-0.4, -0.2) is 6.04 Å². The second kappa shape index (κ2) is 7.61. The fraction of sp³-hybridized carbons (Fsp3) is 0.625. The Bertz CT molecular complexity index is 358. The van der Waals surface area contributed by atoms with Crippen molar-refractivity contribution in [2.45, 2.75) is 57.4 Å². The van der Waals surface area contributed by atoms with Crippen molar-refractivity contribution in [2.24, 2.45) is 11.8 Å². The maximum atomic E-state index is 12.9. The number of hydrogen-bond acceptors (Lipinski definition) is 2. The van der Waals surface area contributed by atoms with Gasteiger partial charge in [0, 0.05) is 6.04 Å². The van der Waals surface area contributed by atoms with Gasteiger partial charge in [0.2, 0.25) is 0 Å². The molecule has 0 spiro atoms. The number of hydrazine groups is 1. The minimum absolute atomic E-state index is 0.178. The predicted molar refractivity (Wildman–Crippen MR) is 77.0 cm³/mol. The van der Waals surface area contributed by atoms with Crippen LogP contribution >= 0.6 is 0 Å². The van der Waals surface area contributed by atoms with Crippen molar-refractivity contribution in [1.29, 1.82) is 0 Å². The summed E-state index contributed by atoms with van der Waals surface area (Å²) in [5.74, 6) is 6.35.